The molecule has 5 heteroatoms. The van der Waals surface area contributed by atoms with E-state index in [1.807, 2.05) is 25.1 Å². The quantitative estimate of drug-likeness (QED) is 0.293. The molecule has 1 saturated carbocycles. The fraction of sp³-hybridized carbons (Fsp3) is 0.640. The zero-order chi connectivity index (χ0) is 21.8. The number of hydrogen-bond acceptors (Lipinski definition) is 4. The molecule has 0 spiro atoms. The number of carbonyl (C=O) groups is 1. The van der Waals surface area contributed by atoms with Crippen LogP contribution in [0.15, 0.2) is 42.5 Å². The van der Waals surface area contributed by atoms with E-state index in [1.54, 1.807) is 0 Å². The summed E-state index contributed by atoms with van der Waals surface area (Å²) >= 11 is 0. The highest BCUT2D eigenvalue weighted by Gasteiger charge is 2.40. The fourth-order valence-electron chi connectivity index (χ4n) is 4.45. The zero-order valence-electron chi connectivity index (χ0n) is 18.2. The van der Waals surface area contributed by atoms with Crippen LogP contribution < -0.4 is 5.32 Å². The Morgan fingerprint density at radius 3 is 2.60 bits per heavy atom. The Kier molecular flexibility index (Phi) is 11.1. The second-order valence-electron chi connectivity index (χ2n) is 8.51. The first-order valence-electron chi connectivity index (χ1n) is 11.5. The maximum Gasteiger partial charge on any atom is 0.219 e. The van der Waals surface area contributed by atoms with E-state index in [4.69, 9.17) is 0 Å². The minimum atomic E-state index is -0.502. The van der Waals surface area contributed by atoms with Crippen LogP contribution in [0.3, 0.4) is 0 Å². The summed E-state index contributed by atoms with van der Waals surface area (Å²) < 4.78 is 0. The van der Waals surface area contributed by atoms with Crippen molar-refractivity contribution in [3.05, 3.63) is 48.0 Å². The first kappa shape index (κ1) is 24.6. The van der Waals surface area contributed by atoms with Crippen LogP contribution in [0.2, 0.25) is 0 Å². The average Bonchev–Trinajstić information content (AvgIpc) is 3.00. The van der Waals surface area contributed by atoms with Gasteiger partial charge in [-0.25, -0.2) is 0 Å². The van der Waals surface area contributed by atoms with E-state index in [9.17, 15) is 20.1 Å². The molecule has 1 aliphatic carbocycles. The highest BCUT2D eigenvalue weighted by molar-refractivity contribution is 5.75. The van der Waals surface area contributed by atoms with Gasteiger partial charge < -0.3 is 20.6 Å². The molecule has 0 aromatic heterocycles. The van der Waals surface area contributed by atoms with Crippen molar-refractivity contribution in [3.63, 3.8) is 0 Å². The number of allylic oxidation sites excluding steroid dienone is 2. The molecule has 4 N–H and O–H groups in total. The highest BCUT2D eigenvalue weighted by Crippen LogP contribution is 2.38. The van der Waals surface area contributed by atoms with Gasteiger partial charge in [0.1, 0.15) is 0 Å². The Labute approximate surface area is 181 Å². The third-order valence-corrected chi connectivity index (χ3v) is 6.19. The summed E-state index contributed by atoms with van der Waals surface area (Å²) in [6, 6.07) is 10.2. The van der Waals surface area contributed by atoms with Gasteiger partial charge in [-0.2, -0.15) is 0 Å². The van der Waals surface area contributed by atoms with E-state index < -0.39 is 12.2 Å². The highest BCUT2D eigenvalue weighted by atomic mass is 16.3. The van der Waals surface area contributed by atoms with E-state index in [2.05, 4.69) is 29.6 Å². The van der Waals surface area contributed by atoms with Crippen molar-refractivity contribution >= 4 is 5.91 Å². The number of aliphatic hydroxyl groups excluding tert-OH is 3. The monoisotopic (exact) mass is 417 g/mol. The summed E-state index contributed by atoms with van der Waals surface area (Å²) in [4.78, 5) is 11.4. The van der Waals surface area contributed by atoms with Gasteiger partial charge in [0.25, 0.3) is 0 Å². The number of aliphatic hydroxyl groups is 3. The number of unbranched alkanes of at least 4 members (excludes halogenated alkanes) is 1. The fourth-order valence-corrected chi connectivity index (χ4v) is 4.45. The van der Waals surface area contributed by atoms with E-state index in [0.717, 1.165) is 32.1 Å². The number of hydrogen-bond donors (Lipinski definition) is 4. The molecule has 1 amide bonds. The van der Waals surface area contributed by atoms with Crippen molar-refractivity contribution in [2.45, 2.75) is 83.0 Å². The molecule has 168 valence electrons. The Hall–Kier alpha value is -1.69. The van der Waals surface area contributed by atoms with E-state index in [1.165, 1.54) is 5.56 Å². The maximum atomic E-state index is 11.4. The molecule has 0 bridgehead atoms. The summed E-state index contributed by atoms with van der Waals surface area (Å²) in [5, 5.41) is 33.9. The summed E-state index contributed by atoms with van der Waals surface area (Å²) in [6.07, 6.45) is 9.02. The molecule has 0 aliphatic heterocycles. The second-order valence-corrected chi connectivity index (χ2v) is 8.51. The normalized spacial score (nSPS) is 24.9. The van der Waals surface area contributed by atoms with Crippen LogP contribution in [0.1, 0.15) is 63.9 Å². The molecule has 2 rings (SSSR count). The molecule has 0 heterocycles. The third-order valence-electron chi connectivity index (χ3n) is 6.19. The van der Waals surface area contributed by atoms with Gasteiger partial charge in [-0.3, -0.25) is 4.79 Å². The minimum absolute atomic E-state index is 0.0198. The SMILES string of the molecule is CCNC(=O)CCC/C=C/C[C@@H]1[C@@H](CC[C@@H](O)CCc2ccccc2)[C@H](O)C[C@@H]1O. The van der Waals surface area contributed by atoms with Gasteiger partial charge in [0.15, 0.2) is 0 Å². The van der Waals surface area contributed by atoms with Crippen LogP contribution >= 0.6 is 0 Å². The lowest BCUT2D eigenvalue weighted by atomic mass is 9.85. The van der Waals surface area contributed by atoms with Crippen molar-refractivity contribution < 1.29 is 20.1 Å². The van der Waals surface area contributed by atoms with Gasteiger partial charge >= 0.3 is 0 Å². The molecule has 1 aliphatic rings. The van der Waals surface area contributed by atoms with Crippen LogP contribution in [0.5, 0.6) is 0 Å². The Morgan fingerprint density at radius 2 is 1.87 bits per heavy atom. The summed E-state index contributed by atoms with van der Waals surface area (Å²) in [5.41, 5.74) is 1.23. The van der Waals surface area contributed by atoms with Crippen LogP contribution in [-0.2, 0) is 11.2 Å². The van der Waals surface area contributed by atoms with Gasteiger partial charge in [-0.15, -0.1) is 0 Å². The molecule has 1 aromatic rings. The van der Waals surface area contributed by atoms with Crippen LogP contribution in [0.4, 0.5) is 0 Å². The lowest BCUT2D eigenvalue weighted by Crippen LogP contribution is -2.23. The van der Waals surface area contributed by atoms with Gasteiger partial charge in [-0.05, 0) is 75.7 Å². The molecular formula is C25H39NO4. The largest absolute Gasteiger partial charge is 0.393 e. The first-order chi connectivity index (χ1) is 14.5. The van der Waals surface area contributed by atoms with Gasteiger partial charge in [0.05, 0.1) is 18.3 Å². The van der Waals surface area contributed by atoms with Crippen molar-refractivity contribution in [2.24, 2.45) is 11.8 Å². The topological polar surface area (TPSA) is 89.8 Å². The minimum Gasteiger partial charge on any atom is -0.393 e. The summed E-state index contributed by atoms with van der Waals surface area (Å²) in [6.45, 7) is 2.58. The van der Waals surface area contributed by atoms with Crippen molar-refractivity contribution in [2.75, 3.05) is 6.54 Å². The number of rotatable bonds is 13. The number of carbonyl (C=O) groups excluding carboxylic acids is 1. The lowest BCUT2D eigenvalue weighted by Gasteiger charge is -2.23. The number of aryl methyl sites for hydroxylation is 1. The molecule has 0 unspecified atom stereocenters. The Morgan fingerprint density at radius 1 is 1.13 bits per heavy atom. The predicted octanol–water partition coefficient (Wildman–Crippen LogP) is 3.37. The van der Waals surface area contributed by atoms with E-state index in [0.29, 0.717) is 32.2 Å². The first-order valence-corrected chi connectivity index (χ1v) is 11.5. The number of benzene rings is 1. The van der Waals surface area contributed by atoms with Crippen molar-refractivity contribution in [1.29, 1.82) is 0 Å². The molecule has 5 atom stereocenters. The van der Waals surface area contributed by atoms with E-state index >= 15 is 0 Å². The predicted molar refractivity (Wildman–Crippen MR) is 120 cm³/mol. The zero-order valence-corrected chi connectivity index (χ0v) is 18.2. The third kappa shape index (κ3) is 8.58. The Balaban J connectivity index is 1.71. The van der Waals surface area contributed by atoms with Gasteiger partial charge in [0.2, 0.25) is 5.91 Å². The average molecular weight is 418 g/mol. The lowest BCUT2D eigenvalue weighted by molar-refractivity contribution is -0.121. The van der Waals surface area contributed by atoms with Crippen LogP contribution in [-0.4, -0.2) is 46.1 Å². The van der Waals surface area contributed by atoms with Crippen molar-refractivity contribution in [3.8, 4) is 0 Å². The maximum absolute atomic E-state index is 11.4. The molecule has 0 saturated heterocycles. The van der Waals surface area contributed by atoms with Gasteiger partial charge in [0, 0.05) is 13.0 Å². The second kappa shape index (κ2) is 13.6. The molecule has 0 radical (unpaired) electrons. The van der Waals surface area contributed by atoms with Crippen molar-refractivity contribution in [1.82, 2.24) is 5.32 Å². The standard InChI is InChI=1S/C25H39NO4/c1-2-26-25(30)13-9-4-3-8-12-21-22(24(29)18-23(21)28)17-16-20(27)15-14-19-10-6-5-7-11-19/h3,5-8,10-11,20-24,27-29H,2,4,9,12-18H2,1H3,(H,26,30)/b8-3+/t20-,21+,22+,23-,24+/m0/s1. The summed E-state index contributed by atoms with van der Waals surface area (Å²) in [7, 11) is 0. The number of nitrogens with one attached hydrogen (secondary N) is 1. The molecule has 5 nitrogen and oxygen atoms in total. The molecule has 1 fully saturated rings. The molecule has 30 heavy (non-hydrogen) atoms. The van der Waals surface area contributed by atoms with Crippen LogP contribution in [0.25, 0.3) is 0 Å². The molecule has 1 aromatic carbocycles. The Bertz CT molecular complexity index is 633. The van der Waals surface area contributed by atoms with Gasteiger partial charge in [-0.1, -0.05) is 42.5 Å². The smallest absolute Gasteiger partial charge is 0.219 e. The summed E-state index contributed by atoms with van der Waals surface area (Å²) in [5.74, 6) is 0.137. The van der Waals surface area contributed by atoms with E-state index in [-0.39, 0.29) is 23.8 Å². The molecular weight excluding hydrogens is 378 g/mol. The van der Waals surface area contributed by atoms with Crippen LogP contribution in [0, 0.1) is 11.8 Å². The number of amides is 1.